The highest BCUT2D eigenvalue weighted by Crippen LogP contribution is 2.58. The zero-order chi connectivity index (χ0) is 22.7. The highest BCUT2D eigenvalue weighted by Gasteiger charge is 2.47. The lowest BCUT2D eigenvalue weighted by Crippen LogP contribution is -2.43. The molecule has 2 aromatic rings. The van der Waals surface area contributed by atoms with Gasteiger partial charge in [0.1, 0.15) is 0 Å². The van der Waals surface area contributed by atoms with E-state index in [0.717, 1.165) is 40.2 Å². The number of rotatable bonds is 7. The van der Waals surface area contributed by atoms with E-state index < -0.39 is 0 Å². The second kappa shape index (κ2) is 9.07. The molecule has 0 atom stereocenters. The lowest BCUT2D eigenvalue weighted by atomic mass is 9.52. The van der Waals surface area contributed by atoms with Crippen molar-refractivity contribution < 1.29 is 4.74 Å². The predicted octanol–water partition coefficient (Wildman–Crippen LogP) is 4.49. The van der Waals surface area contributed by atoms with Gasteiger partial charge in [-0.05, 0) is 56.1 Å². The van der Waals surface area contributed by atoms with Crippen molar-refractivity contribution in [3.63, 3.8) is 0 Å². The molecule has 0 radical (unpaired) electrons. The average molecular weight is 432 g/mol. The lowest BCUT2D eigenvalue weighted by Gasteiger charge is -2.54. The van der Waals surface area contributed by atoms with Crippen molar-refractivity contribution in [2.75, 3.05) is 19.4 Å². The average Bonchev–Trinajstić information content (AvgIpc) is 2.73. The molecule has 0 amide bonds. The second-order valence-corrected chi connectivity index (χ2v) is 9.19. The van der Waals surface area contributed by atoms with Gasteiger partial charge in [0.15, 0.2) is 5.88 Å². The zero-order valence-electron chi connectivity index (χ0n) is 19.0. The molecule has 168 valence electrons. The Morgan fingerprint density at radius 3 is 2.66 bits per heavy atom. The quantitative estimate of drug-likeness (QED) is 0.339. The fourth-order valence-electron chi connectivity index (χ4n) is 4.96. The number of nitrogens with zero attached hydrogens (tertiary/aromatic N) is 2. The number of nitrogen functional groups attached to an aromatic ring is 1. The van der Waals surface area contributed by atoms with Gasteiger partial charge in [-0.1, -0.05) is 24.6 Å². The summed E-state index contributed by atoms with van der Waals surface area (Å²) in [6, 6.07) is 9.83. The first-order valence-electron chi connectivity index (χ1n) is 11.2. The molecular weight excluding hydrogens is 398 g/mol. The summed E-state index contributed by atoms with van der Waals surface area (Å²) in [4.78, 5) is 9.52. The van der Waals surface area contributed by atoms with Crippen molar-refractivity contribution in [2.24, 2.45) is 27.8 Å². The Labute approximate surface area is 190 Å². The van der Waals surface area contributed by atoms with Crippen molar-refractivity contribution in [2.45, 2.75) is 39.0 Å². The number of aliphatic imine (C=N–C) groups is 1. The van der Waals surface area contributed by atoms with Crippen LogP contribution in [0.25, 0.3) is 22.9 Å². The van der Waals surface area contributed by atoms with Gasteiger partial charge in [0, 0.05) is 58.7 Å². The number of ether oxygens (including phenoxy) is 1. The summed E-state index contributed by atoms with van der Waals surface area (Å²) in [6.45, 7) is 2.84. The Kier molecular flexibility index (Phi) is 6.21. The summed E-state index contributed by atoms with van der Waals surface area (Å²) in [5.41, 5.74) is 24.6. The van der Waals surface area contributed by atoms with Crippen LogP contribution in [0.5, 0.6) is 0 Å². The summed E-state index contributed by atoms with van der Waals surface area (Å²) in [7, 11) is 1.53. The van der Waals surface area contributed by atoms with E-state index in [0.29, 0.717) is 22.9 Å². The molecule has 2 saturated carbocycles. The number of nitrogens with two attached hydrogens (primary N) is 3. The first kappa shape index (κ1) is 21.9. The maximum Gasteiger partial charge on any atom is 0.184 e. The number of methoxy groups -OCH3 is 1. The van der Waals surface area contributed by atoms with Gasteiger partial charge >= 0.3 is 0 Å². The van der Waals surface area contributed by atoms with Crippen molar-refractivity contribution in [3.8, 4) is 11.3 Å². The number of aromatic nitrogens is 1. The Balaban J connectivity index is 1.56. The van der Waals surface area contributed by atoms with Crippen molar-refractivity contribution in [3.05, 3.63) is 59.2 Å². The molecule has 6 nitrogen and oxygen atoms in total. The molecule has 32 heavy (non-hydrogen) atoms. The maximum absolute atomic E-state index is 6.28. The van der Waals surface area contributed by atoms with Crippen molar-refractivity contribution in [1.29, 1.82) is 0 Å². The smallest absolute Gasteiger partial charge is 0.184 e. The molecule has 6 heteroatoms. The Morgan fingerprint density at radius 2 is 2.03 bits per heavy atom. The van der Waals surface area contributed by atoms with Crippen LogP contribution in [-0.2, 0) is 4.74 Å². The normalized spacial score (nSPS) is 18.6. The molecule has 2 aliphatic carbocycles. The van der Waals surface area contributed by atoms with Gasteiger partial charge in [-0.2, -0.15) is 0 Å². The number of benzene rings is 1. The molecule has 1 aromatic heterocycles. The number of anilines is 1. The number of pyridine rings is 1. The third-order valence-corrected chi connectivity index (χ3v) is 6.87. The summed E-state index contributed by atoms with van der Waals surface area (Å²) in [5, 5.41) is 0. The summed E-state index contributed by atoms with van der Waals surface area (Å²) in [6.07, 6.45) is 12.1. The predicted molar refractivity (Wildman–Crippen MR) is 133 cm³/mol. The molecule has 0 unspecified atom stereocenters. The van der Waals surface area contributed by atoms with Crippen LogP contribution >= 0.6 is 0 Å². The maximum atomic E-state index is 6.28. The van der Waals surface area contributed by atoms with Gasteiger partial charge in [-0.3, -0.25) is 9.98 Å². The summed E-state index contributed by atoms with van der Waals surface area (Å²) >= 11 is 0. The van der Waals surface area contributed by atoms with Crippen LogP contribution in [0.2, 0.25) is 0 Å². The third-order valence-electron chi connectivity index (χ3n) is 6.87. The third kappa shape index (κ3) is 4.49. The van der Waals surface area contributed by atoms with E-state index in [1.165, 1.54) is 39.2 Å². The highest BCUT2D eigenvalue weighted by molar-refractivity contribution is 6.11. The van der Waals surface area contributed by atoms with Crippen LogP contribution in [0.3, 0.4) is 0 Å². The molecule has 0 saturated heterocycles. The molecule has 4 rings (SSSR count). The molecular formula is C26H33N5O. The first-order chi connectivity index (χ1) is 15.4. The number of hydrogen-bond acceptors (Lipinski definition) is 6. The number of aryl methyl sites for hydroxylation is 1. The van der Waals surface area contributed by atoms with E-state index in [-0.39, 0.29) is 0 Å². The van der Waals surface area contributed by atoms with Gasteiger partial charge in [0.05, 0.1) is 12.8 Å². The van der Waals surface area contributed by atoms with Gasteiger partial charge in [-0.25, -0.2) is 0 Å². The molecule has 1 aromatic carbocycles. The summed E-state index contributed by atoms with van der Waals surface area (Å²) < 4.78 is 5.03. The number of allylic oxidation sites excluding steroid dienone is 1. The second-order valence-electron chi connectivity index (χ2n) is 9.19. The Hall–Kier alpha value is -3.28. The lowest BCUT2D eigenvalue weighted by molar-refractivity contribution is -0.0199. The SMILES string of the molecule is CO/C(N)=C/c1ccc(-c2nc(C)ccc2/C(C=NCC2CC3(CCC3)C2)=C/N)cc1N. The largest absolute Gasteiger partial charge is 0.483 e. The van der Waals surface area contributed by atoms with Crippen LogP contribution in [0.1, 0.15) is 48.9 Å². The van der Waals surface area contributed by atoms with Crippen LogP contribution in [-0.4, -0.2) is 24.9 Å². The molecule has 2 fully saturated rings. The molecule has 2 aliphatic rings. The van der Waals surface area contributed by atoms with Crippen molar-refractivity contribution >= 4 is 23.6 Å². The monoisotopic (exact) mass is 431 g/mol. The van der Waals surface area contributed by atoms with Crippen LogP contribution in [0.15, 0.2) is 47.4 Å². The van der Waals surface area contributed by atoms with Crippen LogP contribution < -0.4 is 17.2 Å². The molecule has 1 heterocycles. The van der Waals surface area contributed by atoms with E-state index in [4.69, 9.17) is 31.9 Å². The van der Waals surface area contributed by atoms with E-state index in [1.807, 2.05) is 43.5 Å². The first-order valence-corrected chi connectivity index (χ1v) is 11.2. The molecule has 0 bridgehead atoms. The minimum absolute atomic E-state index is 0.304. The zero-order valence-corrected chi connectivity index (χ0v) is 19.0. The van der Waals surface area contributed by atoms with Crippen LogP contribution in [0.4, 0.5) is 5.69 Å². The standard InChI is InChI=1S/C26H33N5O/c1-17-4-7-22(21(14-27)16-30-15-18-12-26(13-18)8-3-9-26)25(31-17)20-6-5-19(23(28)10-20)11-24(29)32-2/h4-7,10-11,14,16,18H,3,8-9,12-13,15,27-29H2,1-2H3/b21-14+,24-11+,30-16?. The molecule has 1 spiro atoms. The van der Waals surface area contributed by atoms with Crippen LogP contribution in [0, 0.1) is 18.3 Å². The fraction of sp³-hybridized carbons (Fsp3) is 0.385. The van der Waals surface area contributed by atoms with Gasteiger partial charge in [0.25, 0.3) is 0 Å². The number of hydrogen-bond donors (Lipinski definition) is 3. The minimum Gasteiger partial charge on any atom is -0.483 e. The minimum atomic E-state index is 0.304. The highest BCUT2D eigenvalue weighted by atomic mass is 16.5. The van der Waals surface area contributed by atoms with E-state index in [1.54, 1.807) is 12.3 Å². The molecule has 0 aliphatic heterocycles. The van der Waals surface area contributed by atoms with Gasteiger partial charge in [-0.15, -0.1) is 0 Å². The topological polar surface area (TPSA) is 113 Å². The van der Waals surface area contributed by atoms with Crippen molar-refractivity contribution in [1.82, 2.24) is 4.98 Å². The summed E-state index contributed by atoms with van der Waals surface area (Å²) in [5.74, 6) is 1.01. The van der Waals surface area contributed by atoms with Gasteiger partial charge < -0.3 is 21.9 Å². The Morgan fingerprint density at radius 1 is 1.25 bits per heavy atom. The fourth-order valence-corrected chi connectivity index (χ4v) is 4.96. The van der Waals surface area contributed by atoms with Gasteiger partial charge in [0.2, 0.25) is 0 Å². The Bertz CT molecular complexity index is 1070. The van der Waals surface area contributed by atoms with E-state index in [2.05, 4.69) is 0 Å². The van der Waals surface area contributed by atoms with E-state index in [9.17, 15) is 0 Å². The van der Waals surface area contributed by atoms with E-state index >= 15 is 0 Å². The molecule has 6 N–H and O–H groups in total.